The van der Waals surface area contributed by atoms with Crippen LogP contribution in [0, 0.1) is 0 Å². The van der Waals surface area contributed by atoms with Gasteiger partial charge in [0.15, 0.2) is 0 Å². The highest BCUT2D eigenvalue weighted by Crippen LogP contribution is 2.30. The van der Waals surface area contributed by atoms with Gasteiger partial charge in [0.2, 0.25) is 0 Å². The maximum absolute atomic E-state index is 6.24. The van der Waals surface area contributed by atoms with E-state index in [-0.39, 0.29) is 6.04 Å². The summed E-state index contributed by atoms with van der Waals surface area (Å²) in [6.45, 7) is 2.48. The van der Waals surface area contributed by atoms with E-state index in [0.29, 0.717) is 22.4 Å². The highest BCUT2D eigenvalue weighted by Gasteiger charge is 2.18. The minimum absolute atomic E-state index is 0.123. The summed E-state index contributed by atoms with van der Waals surface area (Å²) in [6, 6.07) is 23.8. The number of imidazole rings is 1. The van der Waals surface area contributed by atoms with Gasteiger partial charge in [0.05, 0.1) is 22.1 Å². The van der Waals surface area contributed by atoms with E-state index in [4.69, 9.17) is 32.9 Å². The number of halogens is 2. The molecule has 0 aliphatic carbocycles. The molecule has 5 heteroatoms. The minimum Gasteiger partial charge on any atom is -0.484 e. The third kappa shape index (κ3) is 3.66. The molecule has 0 radical (unpaired) electrons. The van der Waals surface area contributed by atoms with Crippen LogP contribution in [0.4, 0.5) is 0 Å². The largest absolute Gasteiger partial charge is 0.484 e. The fraction of sp³-hybridized carbons (Fsp3) is 0.136. The van der Waals surface area contributed by atoms with Crippen molar-refractivity contribution < 1.29 is 4.74 Å². The Morgan fingerprint density at radius 2 is 1.70 bits per heavy atom. The molecule has 3 aromatic carbocycles. The van der Waals surface area contributed by atoms with Gasteiger partial charge in [-0.1, -0.05) is 65.7 Å². The molecule has 0 bridgehead atoms. The molecule has 0 N–H and O–H groups in total. The quantitative estimate of drug-likeness (QED) is 0.383. The van der Waals surface area contributed by atoms with Gasteiger partial charge in [-0.25, -0.2) is 4.98 Å². The Hall–Kier alpha value is -2.49. The smallest absolute Gasteiger partial charge is 0.148 e. The number of aromatic nitrogens is 2. The number of benzene rings is 3. The molecule has 1 heterocycles. The van der Waals surface area contributed by atoms with Crippen LogP contribution in [-0.4, -0.2) is 9.55 Å². The number of ether oxygens (including phenoxy) is 1. The Kier molecular flexibility index (Phi) is 5.06. The minimum atomic E-state index is 0.123. The second-order valence-corrected chi connectivity index (χ2v) is 7.18. The zero-order valence-electron chi connectivity index (χ0n) is 14.8. The standard InChI is InChI=1S/C22H18Cl2N2O/c1-15(16-7-3-2-4-8-16)26-20-10-6-5-9-19(20)25-22(26)14-27-21-12-11-17(23)13-18(21)24/h2-13,15H,14H2,1H3. The lowest BCUT2D eigenvalue weighted by Crippen LogP contribution is -2.12. The third-order valence-electron chi connectivity index (χ3n) is 4.59. The van der Waals surface area contributed by atoms with Gasteiger partial charge in [0.25, 0.3) is 0 Å². The van der Waals surface area contributed by atoms with Gasteiger partial charge in [0, 0.05) is 5.02 Å². The fourth-order valence-electron chi connectivity index (χ4n) is 3.24. The van der Waals surface area contributed by atoms with Crippen molar-refractivity contribution in [2.24, 2.45) is 0 Å². The summed E-state index contributed by atoms with van der Waals surface area (Å²) in [6.07, 6.45) is 0. The molecule has 0 saturated carbocycles. The maximum atomic E-state index is 6.24. The first-order valence-corrected chi connectivity index (χ1v) is 9.47. The second-order valence-electron chi connectivity index (χ2n) is 6.34. The summed E-state index contributed by atoms with van der Waals surface area (Å²) in [5.74, 6) is 1.44. The van der Waals surface area contributed by atoms with Crippen LogP contribution in [0.15, 0.2) is 72.8 Å². The Morgan fingerprint density at radius 1 is 0.963 bits per heavy atom. The van der Waals surface area contributed by atoms with Gasteiger partial charge in [0.1, 0.15) is 18.2 Å². The van der Waals surface area contributed by atoms with Gasteiger partial charge in [-0.05, 0) is 42.8 Å². The predicted octanol–water partition coefficient (Wildman–Crippen LogP) is 6.53. The molecule has 3 nitrogen and oxygen atoms in total. The molecule has 0 spiro atoms. The van der Waals surface area contributed by atoms with Gasteiger partial charge >= 0.3 is 0 Å². The van der Waals surface area contributed by atoms with Crippen LogP contribution in [0.1, 0.15) is 24.4 Å². The molecule has 0 aliphatic rings. The molecule has 1 aromatic heterocycles. The number of para-hydroxylation sites is 2. The summed E-state index contributed by atoms with van der Waals surface area (Å²) in [4.78, 5) is 4.79. The van der Waals surface area contributed by atoms with E-state index in [1.54, 1.807) is 18.2 Å². The Labute approximate surface area is 168 Å². The normalized spacial score (nSPS) is 12.3. The summed E-state index contributed by atoms with van der Waals surface area (Å²) in [7, 11) is 0. The molecule has 0 aliphatic heterocycles. The van der Waals surface area contributed by atoms with E-state index < -0.39 is 0 Å². The lowest BCUT2D eigenvalue weighted by molar-refractivity contribution is 0.289. The van der Waals surface area contributed by atoms with Crippen molar-refractivity contribution in [2.75, 3.05) is 0 Å². The molecule has 1 unspecified atom stereocenters. The average Bonchev–Trinajstić information content (AvgIpc) is 3.06. The van der Waals surface area contributed by atoms with Gasteiger partial charge < -0.3 is 9.30 Å². The lowest BCUT2D eigenvalue weighted by Gasteiger charge is -2.18. The van der Waals surface area contributed by atoms with Crippen molar-refractivity contribution in [2.45, 2.75) is 19.6 Å². The van der Waals surface area contributed by atoms with Crippen LogP contribution < -0.4 is 4.74 Å². The van der Waals surface area contributed by atoms with E-state index >= 15 is 0 Å². The molecule has 0 saturated heterocycles. The number of fused-ring (bicyclic) bond motifs is 1. The molecule has 4 rings (SSSR count). The Morgan fingerprint density at radius 3 is 2.48 bits per heavy atom. The predicted molar refractivity (Wildman–Crippen MR) is 111 cm³/mol. The Balaban J connectivity index is 1.72. The number of hydrogen-bond donors (Lipinski definition) is 0. The SMILES string of the molecule is CC(c1ccccc1)n1c(COc2ccc(Cl)cc2Cl)nc2ccccc21. The van der Waals surface area contributed by atoms with Gasteiger partial charge in [-0.2, -0.15) is 0 Å². The van der Waals surface area contributed by atoms with Gasteiger partial charge in [-0.15, -0.1) is 0 Å². The first-order chi connectivity index (χ1) is 13.1. The van der Waals surface area contributed by atoms with Crippen LogP contribution in [0.5, 0.6) is 5.75 Å². The van der Waals surface area contributed by atoms with Crippen molar-refractivity contribution in [3.63, 3.8) is 0 Å². The molecule has 0 amide bonds. The molecular weight excluding hydrogens is 379 g/mol. The number of nitrogens with zero attached hydrogens (tertiary/aromatic N) is 2. The highest BCUT2D eigenvalue weighted by atomic mass is 35.5. The number of rotatable bonds is 5. The topological polar surface area (TPSA) is 27.1 Å². The zero-order valence-corrected chi connectivity index (χ0v) is 16.3. The van der Waals surface area contributed by atoms with E-state index in [2.05, 4.69) is 41.8 Å². The van der Waals surface area contributed by atoms with Crippen LogP contribution in [0.2, 0.25) is 10.0 Å². The molecule has 1 atom stereocenters. The maximum Gasteiger partial charge on any atom is 0.148 e. The number of hydrogen-bond acceptors (Lipinski definition) is 2. The average molecular weight is 397 g/mol. The molecule has 27 heavy (non-hydrogen) atoms. The van der Waals surface area contributed by atoms with Crippen molar-refractivity contribution >= 4 is 34.2 Å². The monoisotopic (exact) mass is 396 g/mol. The van der Waals surface area contributed by atoms with Crippen molar-refractivity contribution in [3.8, 4) is 5.75 Å². The summed E-state index contributed by atoms with van der Waals surface area (Å²) < 4.78 is 8.18. The Bertz CT molecular complexity index is 1080. The molecule has 0 fully saturated rings. The summed E-state index contributed by atoms with van der Waals surface area (Å²) >= 11 is 12.2. The molecular formula is C22H18Cl2N2O. The summed E-state index contributed by atoms with van der Waals surface area (Å²) in [5.41, 5.74) is 3.24. The fourth-order valence-corrected chi connectivity index (χ4v) is 3.71. The van der Waals surface area contributed by atoms with Crippen LogP contribution in [0.25, 0.3) is 11.0 Å². The van der Waals surface area contributed by atoms with E-state index in [1.165, 1.54) is 5.56 Å². The van der Waals surface area contributed by atoms with E-state index in [0.717, 1.165) is 16.9 Å². The van der Waals surface area contributed by atoms with E-state index in [9.17, 15) is 0 Å². The van der Waals surface area contributed by atoms with Crippen molar-refractivity contribution in [3.05, 3.63) is 94.2 Å². The van der Waals surface area contributed by atoms with Crippen molar-refractivity contribution in [1.29, 1.82) is 0 Å². The first-order valence-electron chi connectivity index (χ1n) is 8.72. The van der Waals surface area contributed by atoms with E-state index in [1.807, 2.05) is 24.3 Å². The van der Waals surface area contributed by atoms with Gasteiger partial charge in [-0.3, -0.25) is 0 Å². The highest BCUT2D eigenvalue weighted by molar-refractivity contribution is 6.35. The second kappa shape index (κ2) is 7.63. The molecule has 136 valence electrons. The van der Waals surface area contributed by atoms with Crippen molar-refractivity contribution in [1.82, 2.24) is 9.55 Å². The molecule has 4 aromatic rings. The first kappa shape index (κ1) is 17.9. The van der Waals surface area contributed by atoms with Crippen LogP contribution in [-0.2, 0) is 6.61 Å². The van der Waals surface area contributed by atoms with Crippen LogP contribution >= 0.6 is 23.2 Å². The lowest BCUT2D eigenvalue weighted by atomic mass is 10.1. The van der Waals surface area contributed by atoms with Crippen LogP contribution in [0.3, 0.4) is 0 Å². The summed E-state index contributed by atoms with van der Waals surface area (Å²) in [5, 5.41) is 1.07. The third-order valence-corrected chi connectivity index (χ3v) is 5.12. The zero-order chi connectivity index (χ0) is 18.8.